The maximum absolute atomic E-state index is 12.7. The SMILES string of the molecule is COc1c(OCC(O)CN2CCCCC2)ccc2c3n(c(=NC(=O)c4cccnc4)nc12)CCN3. The molecule has 0 saturated carbocycles. The lowest BCUT2D eigenvalue weighted by molar-refractivity contribution is 0.0609. The Hall–Kier alpha value is -3.50. The van der Waals surface area contributed by atoms with E-state index in [0.29, 0.717) is 42.2 Å². The number of aliphatic hydroxyl groups is 1. The van der Waals surface area contributed by atoms with Crippen molar-refractivity contribution in [3.05, 3.63) is 47.8 Å². The lowest BCUT2D eigenvalue weighted by atomic mass is 10.1. The summed E-state index contributed by atoms with van der Waals surface area (Å²) in [5, 5.41) is 14.7. The van der Waals surface area contributed by atoms with Crippen LogP contribution in [-0.2, 0) is 6.54 Å². The number of ether oxygens (including phenoxy) is 2. The highest BCUT2D eigenvalue weighted by Gasteiger charge is 2.22. The van der Waals surface area contributed by atoms with Crippen molar-refractivity contribution in [2.45, 2.75) is 31.9 Å². The summed E-state index contributed by atoms with van der Waals surface area (Å²) in [6, 6.07) is 7.11. The first-order chi connectivity index (χ1) is 17.1. The molecule has 2 aromatic heterocycles. The predicted molar refractivity (Wildman–Crippen MR) is 131 cm³/mol. The number of carbonyl (C=O) groups excluding carboxylic acids is 1. The number of hydrogen-bond acceptors (Lipinski definition) is 8. The van der Waals surface area contributed by atoms with E-state index in [1.54, 1.807) is 25.4 Å². The van der Waals surface area contributed by atoms with Gasteiger partial charge in [0.1, 0.15) is 24.0 Å². The Balaban J connectivity index is 1.46. The van der Waals surface area contributed by atoms with Gasteiger partial charge in [-0.25, -0.2) is 4.98 Å². The van der Waals surface area contributed by atoms with Crippen LogP contribution < -0.4 is 20.4 Å². The number of nitrogens with one attached hydrogen (secondary N) is 1. The van der Waals surface area contributed by atoms with Gasteiger partial charge in [-0.15, -0.1) is 0 Å². The van der Waals surface area contributed by atoms with Gasteiger partial charge in [0, 0.05) is 37.4 Å². The number of β-amino-alcohol motifs (C(OH)–C–C–N with tert-alkyl or cyclic N) is 1. The molecule has 2 aliphatic heterocycles. The van der Waals surface area contributed by atoms with Crippen LogP contribution in [0.2, 0.25) is 0 Å². The Morgan fingerprint density at radius 2 is 2.09 bits per heavy atom. The number of amides is 1. The van der Waals surface area contributed by atoms with Crippen molar-refractivity contribution in [1.82, 2.24) is 19.4 Å². The summed E-state index contributed by atoms with van der Waals surface area (Å²) in [6.45, 7) is 4.10. The third-order valence-electron chi connectivity index (χ3n) is 6.36. The highest BCUT2D eigenvalue weighted by molar-refractivity contribution is 5.96. The van der Waals surface area contributed by atoms with Gasteiger partial charge < -0.3 is 24.8 Å². The van der Waals surface area contributed by atoms with Gasteiger partial charge in [0.25, 0.3) is 5.91 Å². The fourth-order valence-corrected chi connectivity index (χ4v) is 4.67. The van der Waals surface area contributed by atoms with E-state index in [0.717, 1.165) is 24.3 Å². The number of rotatable bonds is 7. The Morgan fingerprint density at radius 1 is 1.23 bits per heavy atom. The Bertz CT molecular complexity index is 1270. The zero-order valence-electron chi connectivity index (χ0n) is 19.8. The highest BCUT2D eigenvalue weighted by Crippen LogP contribution is 2.37. The largest absolute Gasteiger partial charge is 0.491 e. The summed E-state index contributed by atoms with van der Waals surface area (Å²) in [6.07, 6.45) is 6.08. The Kier molecular flexibility index (Phi) is 6.91. The van der Waals surface area contributed by atoms with Gasteiger partial charge >= 0.3 is 0 Å². The summed E-state index contributed by atoms with van der Waals surface area (Å²) in [4.78, 5) is 28.0. The van der Waals surface area contributed by atoms with Crippen LogP contribution in [0.5, 0.6) is 11.5 Å². The van der Waals surface area contributed by atoms with Crippen LogP contribution >= 0.6 is 0 Å². The molecule has 0 aliphatic carbocycles. The third-order valence-corrected chi connectivity index (χ3v) is 6.36. The number of fused-ring (bicyclic) bond motifs is 3. The minimum atomic E-state index is -0.610. The van der Waals surface area contributed by atoms with Gasteiger partial charge in [0.2, 0.25) is 5.62 Å². The van der Waals surface area contributed by atoms with E-state index in [1.807, 2.05) is 16.7 Å². The summed E-state index contributed by atoms with van der Waals surface area (Å²) < 4.78 is 13.6. The smallest absolute Gasteiger partial charge is 0.281 e. The number of pyridine rings is 1. The first-order valence-corrected chi connectivity index (χ1v) is 12.0. The molecule has 5 rings (SSSR count). The van der Waals surface area contributed by atoms with Crippen molar-refractivity contribution < 1.29 is 19.4 Å². The zero-order valence-corrected chi connectivity index (χ0v) is 19.8. The second-order valence-electron chi connectivity index (χ2n) is 8.82. The van der Waals surface area contributed by atoms with E-state index >= 15 is 0 Å². The van der Waals surface area contributed by atoms with Crippen LogP contribution in [-0.4, -0.2) is 76.4 Å². The number of aromatic nitrogens is 3. The Labute approximate surface area is 203 Å². The number of aliphatic hydroxyl groups excluding tert-OH is 1. The van der Waals surface area contributed by atoms with E-state index < -0.39 is 12.0 Å². The standard InChI is InChI=1S/C25H30N6O4/c1-34-22-20(35-16-18(32)15-30-11-3-2-4-12-30)8-7-19-21(22)28-25(31-13-10-27-23(19)31)29-24(33)17-6-5-9-26-14-17/h5-9,14,18,27,32H,2-4,10-13,15-16H2,1H3. The van der Waals surface area contributed by atoms with E-state index in [1.165, 1.54) is 25.5 Å². The maximum Gasteiger partial charge on any atom is 0.281 e. The number of nitrogens with zero attached hydrogens (tertiary/aromatic N) is 5. The average Bonchev–Trinajstić information content (AvgIpc) is 3.39. The number of carbonyl (C=O) groups is 1. The minimum absolute atomic E-state index is 0.146. The van der Waals surface area contributed by atoms with Crippen LogP contribution in [0.15, 0.2) is 41.7 Å². The molecule has 2 N–H and O–H groups in total. The molecule has 1 saturated heterocycles. The van der Waals surface area contributed by atoms with Crippen molar-refractivity contribution >= 4 is 22.6 Å². The molecule has 4 heterocycles. The molecule has 1 atom stereocenters. The van der Waals surface area contributed by atoms with Crippen LogP contribution in [0.1, 0.15) is 29.6 Å². The van der Waals surface area contributed by atoms with Crippen LogP contribution in [0.4, 0.5) is 5.82 Å². The molecule has 0 radical (unpaired) electrons. The fraction of sp³-hybridized carbons (Fsp3) is 0.440. The van der Waals surface area contributed by atoms with Gasteiger partial charge in [-0.3, -0.25) is 14.3 Å². The summed E-state index contributed by atoms with van der Waals surface area (Å²) in [5.41, 5.74) is 1.21. The van der Waals surface area contributed by atoms with Crippen LogP contribution in [0, 0.1) is 0 Å². The van der Waals surface area contributed by atoms with Gasteiger partial charge in [-0.2, -0.15) is 4.99 Å². The number of hydrogen-bond donors (Lipinski definition) is 2. The number of methoxy groups -OCH3 is 1. The molecule has 0 bridgehead atoms. The highest BCUT2D eigenvalue weighted by atomic mass is 16.5. The summed E-state index contributed by atoms with van der Waals surface area (Å²) in [5.74, 6) is 1.33. The second-order valence-corrected chi connectivity index (χ2v) is 8.82. The van der Waals surface area contributed by atoms with Crippen LogP contribution in [0.25, 0.3) is 10.9 Å². The molecule has 35 heavy (non-hydrogen) atoms. The van der Waals surface area contributed by atoms with Gasteiger partial charge in [-0.1, -0.05) is 6.42 Å². The van der Waals surface area contributed by atoms with Crippen molar-refractivity contribution in [3.8, 4) is 11.5 Å². The number of anilines is 1. The summed E-state index contributed by atoms with van der Waals surface area (Å²) in [7, 11) is 1.55. The normalized spacial score (nSPS) is 17.1. The molecule has 1 unspecified atom stereocenters. The van der Waals surface area contributed by atoms with E-state index in [-0.39, 0.29) is 12.2 Å². The van der Waals surface area contributed by atoms with Crippen LogP contribution in [0.3, 0.4) is 0 Å². The number of likely N-dealkylation sites (tertiary alicyclic amines) is 1. The monoisotopic (exact) mass is 478 g/mol. The molecule has 1 aromatic carbocycles. The maximum atomic E-state index is 12.7. The average molecular weight is 479 g/mol. The first-order valence-electron chi connectivity index (χ1n) is 12.0. The quantitative estimate of drug-likeness (QED) is 0.529. The lowest BCUT2D eigenvalue weighted by Gasteiger charge is -2.28. The summed E-state index contributed by atoms with van der Waals surface area (Å²) >= 11 is 0. The molecular weight excluding hydrogens is 448 g/mol. The van der Waals surface area contributed by atoms with E-state index in [4.69, 9.17) is 14.5 Å². The molecule has 1 fully saturated rings. The second kappa shape index (κ2) is 10.4. The molecule has 2 aliphatic rings. The molecule has 1 amide bonds. The van der Waals surface area contributed by atoms with Crippen molar-refractivity contribution in [2.24, 2.45) is 4.99 Å². The molecule has 10 heteroatoms. The van der Waals surface area contributed by atoms with E-state index in [2.05, 4.69) is 20.2 Å². The molecular formula is C25H30N6O4. The number of piperidine rings is 1. The lowest BCUT2D eigenvalue weighted by Crippen LogP contribution is -2.38. The topological polar surface area (TPSA) is 114 Å². The van der Waals surface area contributed by atoms with Crippen molar-refractivity contribution in [3.63, 3.8) is 0 Å². The van der Waals surface area contributed by atoms with Crippen molar-refractivity contribution in [1.29, 1.82) is 0 Å². The van der Waals surface area contributed by atoms with E-state index in [9.17, 15) is 9.90 Å². The number of benzene rings is 1. The van der Waals surface area contributed by atoms with Gasteiger partial charge in [0.05, 0.1) is 12.7 Å². The molecule has 10 nitrogen and oxygen atoms in total. The minimum Gasteiger partial charge on any atom is -0.491 e. The fourth-order valence-electron chi connectivity index (χ4n) is 4.67. The molecule has 3 aromatic rings. The van der Waals surface area contributed by atoms with Gasteiger partial charge in [0.15, 0.2) is 11.5 Å². The Morgan fingerprint density at radius 3 is 2.86 bits per heavy atom. The first kappa shape index (κ1) is 23.3. The predicted octanol–water partition coefficient (Wildman–Crippen LogP) is 1.83. The third kappa shape index (κ3) is 4.98. The van der Waals surface area contributed by atoms with Crippen molar-refractivity contribution in [2.75, 3.05) is 45.2 Å². The molecule has 0 spiro atoms. The zero-order chi connectivity index (χ0) is 24.2. The van der Waals surface area contributed by atoms with Gasteiger partial charge in [-0.05, 0) is 50.2 Å². The molecule has 184 valence electrons.